The lowest BCUT2D eigenvalue weighted by atomic mass is 10.1. The number of anilines is 1. The number of nitro groups is 2. The van der Waals surface area contributed by atoms with E-state index in [1.165, 1.54) is 17.7 Å². The summed E-state index contributed by atoms with van der Waals surface area (Å²) in [6, 6.07) is 23.8. The van der Waals surface area contributed by atoms with E-state index in [0.717, 1.165) is 29.1 Å². The molecule has 0 saturated heterocycles. The number of nitrogens with one attached hydrogen (secondary N) is 1. The molecule has 16 heteroatoms. The van der Waals surface area contributed by atoms with Gasteiger partial charge in [0.15, 0.2) is 11.6 Å². The Kier molecular flexibility index (Phi) is 9.05. The molecule has 0 atom stereocenters. The maximum atomic E-state index is 11.2. The highest BCUT2D eigenvalue weighted by Crippen LogP contribution is 2.36. The number of nitrogens with zero attached hydrogens (tertiary/aromatic N) is 8. The monoisotopic (exact) mass is 669 g/mol. The van der Waals surface area contributed by atoms with Crippen LogP contribution in [0.5, 0.6) is 0 Å². The summed E-state index contributed by atoms with van der Waals surface area (Å²) in [5, 5.41) is 26.6. The van der Waals surface area contributed by atoms with E-state index in [1.54, 1.807) is 30.6 Å². The fraction of sp³-hybridized carbons (Fsp3) is 0.0667. The summed E-state index contributed by atoms with van der Waals surface area (Å²) >= 11 is 8.04. The van der Waals surface area contributed by atoms with Crippen molar-refractivity contribution in [1.29, 1.82) is 0 Å². The van der Waals surface area contributed by atoms with Crippen molar-refractivity contribution in [2.75, 3.05) is 11.9 Å². The molecule has 1 aromatic carbocycles. The van der Waals surface area contributed by atoms with Crippen LogP contribution >= 0.6 is 34.3 Å². The van der Waals surface area contributed by atoms with E-state index in [1.807, 2.05) is 36.4 Å². The third kappa shape index (κ3) is 6.91. The summed E-state index contributed by atoms with van der Waals surface area (Å²) < 4.78 is 0. The second kappa shape index (κ2) is 13.6. The molecule has 13 nitrogen and oxygen atoms in total. The molecule has 0 bridgehead atoms. The number of rotatable bonds is 8. The lowest BCUT2D eigenvalue weighted by Crippen LogP contribution is -2.07. The van der Waals surface area contributed by atoms with Crippen LogP contribution in [0.1, 0.15) is 5.56 Å². The molecule has 0 spiro atoms. The van der Waals surface area contributed by atoms with Gasteiger partial charge in [0.1, 0.15) is 32.0 Å². The van der Waals surface area contributed by atoms with Gasteiger partial charge in [-0.3, -0.25) is 30.2 Å². The van der Waals surface area contributed by atoms with Gasteiger partial charge in [0.25, 0.3) is 0 Å². The number of fused-ring (bicyclic) bond motifs is 2. The second-order valence-corrected chi connectivity index (χ2v) is 11.8. The van der Waals surface area contributed by atoms with E-state index in [-0.39, 0.29) is 15.2 Å². The molecule has 228 valence electrons. The average Bonchev–Trinajstić information content (AvgIpc) is 3.72. The second-order valence-electron chi connectivity index (χ2n) is 9.45. The van der Waals surface area contributed by atoms with Crippen LogP contribution in [0.15, 0.2) is 91.3 Å². The van der Waals surface area contributed by atoms with Gasteiger partial charge in [-0.25, -0.2) is 19.9 Å². The van der Waals surface area contributed by atoms with Crippen molar-refractivity contribution in [3.8, 4) is 23.0 Å². The van der Waals surface area contributed by atoms with Gasteiger partial charge >= 0.3 is 10.0 Å². The molecule has 0 aliphatic rings. The molecule has 0 amide bonds. The number of hydrogen-bond acceptors (Lipinski definition) is 13. The van der Waals surface area contributed by atoms with Gasteiger partial charge in [-0.1, -0.05) is 54.1 Å². The molecule has 0 aliphatic heterocycles. The Bertz CT molecular complexity index is 2170. The van der Waals surface area contributed by atoms with Crippen LogP contribution in [0, 0.1) is 20.2 Å². The minimum absolute atomic E-state index is 0.00984. The SMILES string of the molecule is O=[N+]([O-])c1cc2c(Cl)nc(-c3ccccn3)nc2s1.O=[N+]([O-])c1cc2c(NCCc3ccccc3)nc(-c3ccccn3)nc2s1. The predicted molar refractivity (Wildman–Crippen MR) is 178 cm³/mol. The summed E-state index contributed by atoms with van der Waals surface area (Å²) in [6.07, 6.45) is 4.10. The molecule has 0 unspecified atom stereocenters. The van der Waals surface area contributed by atoms with Crippen molar-refractivity contribution in [3.05, 3.63) is 122 Å². The zero-order valence-corrected chi connectivity index (χ0v) is 25.9. The van der Waals surface area contributed by atoms with E-state index in [4.69, 9.17) is 11.6 Å². The van der Waals surface area contributed by atoms with Gasteiger partial charge in [0, 0.05) is 31.1 Å². The van der Waals surface area contributed by atoms with Crippen LogP contribution in [0.3, 0.4) is 0 Å². The van der Waals surface area contributed by atoms with E-state index >= 15 is 0 Å². The normalized spacial score (nSPS) is 10.8. The molecular weight excluding hydrogens is 650 g/mol. The van der Waals surface area contributed by atoms with Gasteiger partial charge in [0.2, 0.25) is 0 Å². The zero-order chi connectivity index (χ0) is 32.0. The Morgan fingerprint density at radius 3 is 1.80 bits per heavy atom. The number of aromatic nitrogens is 6. The third-order valence-corrected chi connectivity index (χ3v) is 8.66. The van der Waals surface area contributed by atoms with E-state index < -0.39 is 9.85 Å². The van der Waals surface area contributed by atoms with Crippen LogP contribution in [0.25, 0.3) is 43.5 Å². The molecule has 0 aliphatic carbocycles. The average molecular weight is 670 g/mol. The standard InChI is InChI=1S/C19H15N5O2S.C11H5ClN4O2S/c25-24(26)16-12-14-17(21-11-9-13-6-2-1-3-7-13)22-18(23-19(14)27-16)15-8-4-5-10-20-15;12-9-6-5-8(16(17)18)19-11(6)15-10(14-9)7-3-1-2-4-13-7/h1-8,10,12H,9,11H2,(H,21,22,23);1-5H. The van der Waals surface area contributed by atoms with Gasteiger partial charge < -0.3 is 5.32 Å². The summed E-state index contributed by atoms with van der Waals surface area (Å²) in [5.41, 5.74) is 2.40. The summed E-state index contributed by atoms with van der Waals surface area (Å²) in [5.74, 6) is 1.39. The smallest absolute Gasteiger partial charge is 0.326 e. The number of halogens is 1. The third-order valence-electron chi connectivity index (χ3n) is 6.41. The molecule has 0 fully saturated rings. The first-order valence-electron chi connectivity index (χ1n) is 13.5. The van der Waals surface area contributed by atoms with Crippen molar-refractivity contribution in [1.82, 2.24) is 29.9 Å². The first-order valence-corrected chi connectivity index (χ1v) is 15.5. The van der Waals surface area contributed by atoms with Gasteiger partial charge in [0.05, 0.1) is 20.6 Å². The van der Waals surface area contributed by atoms with Crippen LogP contribution in [0.2, 0.25) is 5.15 Å². The number of hydrogen-bond donors (Lipinski definition) is 1. The number of benzene rings is 1. The van der Waals surface area contributed by atoms with Crippen molar-refractivity contribution in [3.63, 3.8) is 0 Å². The van der Waals surface area contributed by atoms with E-state index in [0.29, 0.717) is 55.8 Å². The Labute approximate surface area is 273 Å². The van der Waals surface area contributed by atoms with Crippen LogP contribution in [-0.4, -0.2) is 46.3 Å². The lowest BCUT2D eigenvalue weighted by molar-refractivity contribution is -0.380. The van der Waals surface area contributed by atoms with Crippen molar-refractivity contribution in [2.24, 2.45) is 0 Å². The van der Waals surface area contributed by atoms with Crippen molar-refractivity contribution >= 4 is 70.5 Å². The van der Waals surface area contributed by atoms with Crippen LogP contribution in [-0.2, 0) is 6.42 Å². The van der Waals surface area contributed by atoms with Gasteiger partial charge in [-0.15, -0.1) is 0 Å². The molecule has 7 aromatic rings. The first-order chi connectivity index (χ1) is 22.4. The molecule has 1 N–H and O–H groups in total. The predicted octanol–water partition coefficient (Wildman–Crippen LogP) is 7.63. The molecule has 0 radical (unpaired) electrons. The minimum Gasteiger partial charge on any atom is -0.369 e. The highest BCUT2D eigenvalue weighted by atomic mass is 35.5. The quantitative estimate of drug-likeness (QED) is 0.0956. The zero-order valence-electron chi connectivity index (χ0n) is 23.5. The molecule has 0 saturated carbocycles. The van der Waals surface area contributed by atoms with E-state index in [2.05, 4.69) is 47.4 Å². The maximum absolute atomic E-state index is 11.2. The van der Waals surface area contributed by atoms with Crippen LogP contribution in [0.4, 0.5) is 15.8 Å². The largest absolute Gasteiger partial charge is 0.369 e. The van der Waals surface area contributed by atoms with Gasteiger partial charge in [-0.2, -0.15) is 0 Å². The van der Waals surface area contributed by atoms with Crippen molar-refractivity contribution < 1.29 is 9.85 Å². The fourth-order valence-corrected chi connectivity index (χ4v) is 6.26. The lowest BCUT2D eigenvalue weighted by Gasteiger charge is -2.08. The van der Waals surface area contributed by atoms with Crippen LogP contribution < -0.4 is 5.32 Å². The molecular formula is C30H20ClN9O4S2. The summed E-state index contributed by atoms with van der Waals surface area (Å²) in [7, 11) is 0. The summed E-state index contributed by atoms with van der Waals surface area (Å²) in [6.45, 7) is 0.654. The molecule has 6 aromatic heterocycles. The summed E-state index contributed by atoms with van der Waals surface area (Å²) in [4.78, 5) is 47.9. The fourth-order valence-electron chi connectivity index (χ4n) is 4.29. The molecule has 7 rings (SSSR count). The topological polar surface area (TPSA) is 176 Å². The number of pyridine rings is 2. The highest BCUT2D eigenvalue weighted by molar-refractivity contribution is 7.22. The van der Waals surface area contributed by atoms with Gasteiger partial charge in [-0.05, 0) is 58.9 Å². The highest BCUT2D eigenvalue weighted by Gasteiger charge is 2.19. The number of thiophene rings is 2. The van der Waals surface area contributed by atoms with E-state index in [9.17, 15) is 20.2 Å². The Morgan fingerprint density at radius 2 is 1.24 bits per heavy atom. The molecule has 46 heavy (non-hydrogen) atoms. The Hall–Kier alpha value is -5.51. The minimum atomic E-state index is -0.469. The Morgan fingerprint density at radius 1 is 0.696 bits per heavy atom. The van der Waals surface area contributed by atoms with Crippen molar-refractivity contribution in [2.45, 2.75) is 6.42 Å². The first kappa shape index (κ1) is 30.5. The Balaban J connectivity index is 0.000000172. The maximum Gasteiger partial charge on any atom is 0.326 e. The molecule has 6 heterocycles.